The van der Waals surface area contributed by atoms with Gasteiger partial charge in [-0.2, -0.15) is 0 Å². The summed E-state index contributed by atoms with van der Waals surface area (Å²) >= 11 is 0. The maximum atomic E-state index is 6.10. The number of hydrogen-bond donors (Lipinski definition) is 0. The van der Waals surface area contributed by atoms with Crippen molar-refractivity contribution < 1.29 is 4.42 Å². The predicted molar refractivity (Wildman–Crippen MR) is 184 cm³/mol. The van der Waals surface area contributed by atoms with Gasteiger partial charge in [-0.15, -0.1) is 0 Å². The van der Waals surface area contributed by atoms with E-state index in [1.165, 1.54) is 55.2 Å². The summed E-state index contributed by atoms with van der Waals surface area (Å²) in [5.41, 5.74) is 12.6. The van der Waals surface area contributed by atoms with Crippen molar-refractivity contribution in [3.63, 3.8) is 0 Å². The van der Waals surface area contributed by atoms with Crippen molar-refractivity contribution in [2.45, 2.75) is 0 Å². The minimum atomic E-state index is 0.915. The molecule has 206 valence electrons. The number of benzene rings is 7. The molecule has 0 spiro atoms. The van der Waals surface area contributed by atoms with Gasteiger partial charge >= 0.3 is 0 Å². The molecule has 0 saturated heterocycles. The lowest BCUT2D eigenvalue weighted by atomic mass is 9.97. The summed E-state index contributed by atoms with van der Waals surface area (Å²) in [5, 5.41) is 4.82. The third kappa shape index (κ3) is 3.82. The summed E-state index contributed by atoms with van der Waals surface area (Å²) in [4.78, 5) is 0. The fourth-order valence-electron chi connectivity index (χ4n) is 6.82. The Kier molecular flexibility index (Phi) is 5.54. The van der Waals surface area contributed by atoms with Gasteiger partial charge in [-0.25, -0.2) is 0 Å². The smallest absolute Gasteiger partial charge is 0.135 e. The average Bonchev–Trinajstić information content (AvgIpc) is 3.64. The van der Waals surface area contributed by atoms with E-state index < -0.39 is 0 Å². The highest BCUT2D eigenvalue weighted by Gasteiger charge is 2.18. The van der Waals surface area contributed by atoms with Crippen LogP contribution in [0.5, 0.6) is 0 Å². The van der Waals surface area contributed by atoms with E-state index in [0.717, 1.165) is 27.6 Å². The van der Waals surface area contributed by atoms with Gasteiger partial charge in [0.25, 0.3) is 0 Å². The molecule has 7 aromatic carbocycles. The van der Waals surface area contributed by atoms with Gasteiger partial charge in [0.15, 0.2) is 0 Å². The largest absolute Gasteiger partial charge is 0.456 e. The topological polar surface area (TPSA) is 18.1 Å². The molecule has 0 bridgehead atoms. The van der Waals surface area contributed by atoms with Crippen molar-refractivity contribution in [2.75, 3.05) is 0 Å². The fraction of sp³-hybridized carbons (Fsp3) is 0. The third-order valence-corrected chi connectivity index (χ3v) is 8.81. The first-order valence-electron chi connectivity index (χ1n) is 15.0. The Morgan fingerprint density at radius 1 is 0.364 bits per heavy atom. The molecular weight excluding hydrogens is 534 g/mol. The maximum Gasteiger partial charge on any atom is 0.135 e. The maximum absolute atomic E-state index is 6.10. The van der Waals surface area contributed by atoms with Gasteiger partial charge in [-0.1, -0.05) is 121 Å². The van der Waals surface area contributed by atoms with Crippen molar-refractivity contribution in [2.24, 2.45) is 0 Å². The van der Waals surface area contributed by atoms with E-state index in [9.17, 15) is 0 Å². The molecule has 9 aromatic rings. The monoisotopic (exact) mass is 561 g/mol. The Morgan fingerprint density at radius 2 is 1.00 bits per heavy atom. The molecule has 0 N–H and O–H groups in total. The minimum absolute atomic E-state index is 0.915. The van der Waals surface area contributed by atoms with Crippen LogP contribution >= 0.6 is 0 Å². The van der Waals surface area contributed by atoms with Crippen molar-refractivity contribution in [1.29, 1.82) is 0 Å². The highest BCUT2D eigenvalue weighted by Crippen LogP contribution is 2.41. The highest BCUT2D eigenvalue weighted by molar-refractivity contribution is 6.16. The molecule has 9 rings (SSSR count). The van der Waals surface area contributed by atoms with Crippen LogP contribution in [-0.4, -0.2) is 4.57 Å². The van der Waals surface area contributed by atoms with Crippen LogP contribution in [0.25, 0.3) is 82.8 Å². The van der Waals surface area contributed by atoms with Crippen LogP contribution in [0.2, 0.25) is 0 Å². The second-order valence-corrected chi connectivity index (χ2v) is 11.3. The van der Waals surface area contributed by atoms with E-state index >= 15 is 0 Å². The number of aromatic nitrogens is 1. The van der Waals surface area contributed by atoms with Crippen LogP contribution < -0.4 is 0 Å². The van der Waals surface area contributed by atoms with E-state index in [2.05, 4.69) is 156 Å². The molecule has 0 aliphatic rings. The normalized spacial score (nSPS) is 11.6. The molecule has 2 heteroatoms. The molecule has 0 saturated carbocycles. The quantitative estimate of drug-likeness (QED) is 0.209. The Balaban J connectivity index is 1.24. The standard InChI is InChI=1S/C42H27NO/c1-2-12-28(13-3-1)33-19-11-22-39-42(33)35-18-5-8-21-38(35)43(39)37-20-7-4-16-32(37)31-15-10-14-29(26-31)30-24-25-41-36(27-30)34-17-6-9-23-40(34)44-41/h1-27H. The molecule has 2 aromatic heterocycles. The molecule has 0 radical (unpaired) electrons. The second kappa shape index (κ2) is 9.86. The number of furan rings is 1. The molecule has 0 aliphatic heterocycles. The Labute approximate surface area is 255 Å². The first-order chi connectivity index (χ1) is 21.8. The Hall–Kier alpha value is -5.86. The molecular formula is C42H27NO. The van der Waals surface area contributed by atoms with Gasteiger partial charge < -0.3 is 8.98 Å². The average molecular weight is 562 g/mol. The van der Waals surface area contributed by atoms with Gasteiger partial charge in [0.2, 0.25) is 0 Å². The van der Waals surface area contributed by atoms with Crippen molar-refractivity contribution in [3.8, 4) is 39.1 Å². The number of nitrogens with zero attached hydrogens (tertiary/aromatic N) is 1. The molecule has 0 fully saturated rings. The van der Waals surface area contributed by atoms with Crippen molar-refractivity contribution >= 4 is 43.7 Å². The fourth-order valence-corrected chi connectivity index (χ4v) is 6.82. The lowest BCUT2D eigenvalue weighted by molar-refractivity contribution is 0.669. The second-order valence-electron chi connectivity index (χ2n) is 11.3. The van der Waals surface area contributed by atoms with Gasteiger partial charge in [0.1, 0.15) is 11.2 Å². The van der Waals surface area contributed by atoms with Crippen LogP contribution in [0.3, 0.4) is 0 Å². The van der Waals surface area contributed by atoms with Crippen molar-refractivity contribution in [1.82, 2.24) is 4.57 Å². The number of fused-ring (bicyclic) bond motifs is 6. The molecule has 0 atom stereocenters. The zero-order valence-electron chi connectivity index (χ0n) is 23.9. The number of hydrogen-bond acceptors (Lipinski definition) is 1. The Bertz CT molecular complexity index is 2500. The highest BCUT2D eigenvalue weighted by atomic mass is 16.3. The molecule has 0 aliphatic carbocycles. The summed E-state index contributed by atoms with van der Waals surface area (Å²) in [6, 6.07) is 58.5. The van der Waals surface area contributed by atoms with Gasteiger partial charge in [0, 0.05) is 27.1 Å². The lowest BCUT2D eigenvalue weighted by Crippen LogP contribution is -1.97. The first-order valence-corrected chi connectivity index (χ1v) is 15.0. The molecule has 0 amide bonds. The van der Waals surface area contributed by atoms with Gasteiger partial charge in [-0.05, 0) is 70.3 Å². The van der Waals surface area contributed by atoms with Crippen LogP contribution in [0.15, 0.2) is 168 Å². The van der Waals surface area contributed by atoms with E-state index in [1.807, 2.05) is 12.1 Å². The van der Waals surface area contributed by atoms with Crippen LogP contribution in [0, 0.1) is 0 Å². The first kappa shape index (κ1) is 24.7. The molecule has 2 nitrogen and oxygen atoms in total. The van der Waals surface area contributed by atoms with Crippen LogP contribution in [0.4, 0.5) is 0 Å². The van der Waals surface area contributed by atoms with E-state index in [1.54, 1.807) is 0 Å². The molecule has 0 unspecified atom stereocenters. The number of rotatable bonds is 4. The summed E-state index contributed by atoms with van der Waals surface area (Å²) in [6.45, 7) is 0. The predicted octanol–water partition coefficient (Wildman–Crippen LogP) is 11.7. The summed E-state index contributed by atoms with van der Waals surface area (Å²) in [5.74, 6) is 0. The zero-order chi connectivity index (χ0) is 29.0. The van der Waals surface area contributed by atoms with Crippen LogP contribution in [0.1, 0.15) is 0 Å². The third-order valence-electron chi connectivity index (χ3n) is 8.81. The van der Waals surface area contributed by atoms with E-state index in [0.29, 0.717) is 0 Å². The van der Waals surface area contributed by atoms with Crippen molar-refractivity contribution in [3.05, 3.63) is 164 Å². The van der Waals surface area contributed by atoms with Gasteiger partial charge in [-0.3, -0.25) is 0 Å². The molecule has 2 heterocycles. The Morgan fingerprint density at radius 3 is 1.93 bits per heavy atom. The van der Waals surface area contributed by atoms with E-state index in [4.69, 9.17) is 4.42 Å². The minimum Gasteiger partial charge on any atom is -0.456 e. The van der Waals surface area contributed by atoms with E-state index in [-0.39, 0.29) is 0 Å². The summed E-state index contributed by atoms with van der Waals surface area (Å²) in [7, 11) is 0. The zero-order valence-corrected chi connectivity index (χ0v) is 23.9. The molecule has 44 heavy (non-hydrogen) atoms. The summed E-state index contributed by atoms with van der Waals surface area (Å²) in [6.07, 6.45) is 0. The lowest BCUT2D eigenvalue weighted by Gasteiger charge is -2.15. The van der Waals surface area contributed by atoms with Crippen LogP contribution in [-0.2, 0) is 0 Å². The SMILES string of the molecule is c1ccc(-c2cccc3c2c2ccccc2n3-c2ccccc2-c2cccc(-c3ccc4oc5ccccc5c4c3)c2)cc1. The van der Waals surface area contributed by atoms with Gasteiger partial charge in [0.05, 0.1) is 16.7 Å². The summed E-state index contributed by atoms with van der Waals surface area (Å²) < 4.78 is 8.53. The number of para-hydroxylation sites is 3.